The van der Waals surface area contributed by atoms with Gasteiger partial charge in [0.25, 0.3) is 0 Å². The molecule has 0 aliphatic rings. The molecule has 0 aliphatic heterocycles. The van der Waals surface area contributed by atoms with Gasteiger partial charge in [-0.1, -0.05) is 35.2 Å². The molecule has 0 saturated carbocycles. The van der Waals surface area contributed by atoms with Crippen LogP contribution in [0.5, 0.6) is 0 Å². The fraction of sp³-hybridized carbons (Fsp3) is 0. The van der Waals surface area contributed by atoms with Crippen molar-refractivity contribution >= 4 is 26.5 Å². The lowest BCUT2D eigenvalue weighted by Gasteiger charge is -2.00. The molecule has 11 heavy (non-hydrogen) atoms. The van der Waals surface area contributed by atoms with Gasteiger partial charge in [0.05, 0.1) is 0 Å². The van der Waals surface area contributed by atoms with Crippen molar-refractivity contribution in [2.45, 2.75) is 0 Å². The topological polar surface area (TPSA) is 12.9 Å². The first kappa shape index (κ1) is 8.21. The summed E-state index contributed by atoms with van der Waals surface area (Å²) < 4.78 is 0.834. The van der Waals surface area contributed by atoms with Gasteiger partial charge in [0, 0.05) is 22.4 Å². The van der Waals surface area contributed by atoms with Crippen LogP contribution in [0.2, 0.25) is 0 Å². The Morgan fingerprint density at radius 3 is 2.82 bits per heavy atom. The van der Waals surface area contributed by atoms with Gasteiger partial charge in [-0.05, 0) is 11.6 Å². The molecule has 0 aliphatic carbocycles. The molecule has 56 valence electrons. The van der Waals surface area contributed by atoms with Gasteiger partial charge in [0.1, 0.15) is 0 Å². The molecule has 1 rings (SSSR count). The highest BCUT2D eigenvalue weighted by Gasteiger charge is 1.98. The summed E-state index contributed by atoms with van der Waals surface area (Å²) in [5.41, 5.74) is 2.03. The highest BCUT2D eigenvalue weighted by atomic mass is 79.9. The Kier molecular flexibility index (Phi) is 2.60. The van der Waals surface area contributed by atoms with Gasteiger partial charge in [-0.3, -0.25) is 4.98 Å². The number of halogens is 1. The average Bonchev–Trinajstić information content (AvgIpc) is 2.04. The van der Waals surface area contributed by atoms with Crippen molar-refractivity contribution in [2.24, 2.45) is 0 Å². The van der Waals surface area contributed by atoms with E-state index in [0.717, 1.165) is 15.6 Å². The SMILES string of the molecule is C=Cc1ccncc1C(=C)Br. The maximum atomic E-state index is 3.98. The second-order valence-corrected chi connectivity index (χ2v) is 3.03. The smallest absolute Gasteiger partial charge is 0.0357 e. The van der Waals surface area contributed by atoms with Crippen LogP contribution in [0.15, 0.2) is 31.6 Å². The van der Waals surface area contributed by atoms with Crippen LogP contribution in [-0.4, -0.2) is 4.98 Å². The molecule has 0 fully saturated rings. The van der Waals surface area contributed by atoms with Crippen LogP contribution in [-0.2, 0) is 0 Å². The van der Waals surface area contributed by atoms with Crippen molar-refractivity contribution in [1.82, 2.24) is 4.98 Å². The zero-order valence-corrected chi connectivity index (χ0v) is 7.63. The zero-order valence-electron chi connectivity index (χ0n) is 6.05. The molecule has 0 amide bonds. The minimum atomic E-state index is 0.834. The first-order valence-electron chi connectivity index (χ1n) is 3.17. The fourth-order valence-electron chi connectivity index (χ4n) is 0.810. The summed E-state index contributed by atoms with van der Waals surface area (Å²) in [7, 11) is 0. The van der Waals surface area contributed by atoms with Gasteiger partial charge in [-0.25, -0.2) is 0 Å². The van der Waals surface area contributed by atoms with Crippen molar-refractivity contribution in [1.29, 1.82) is 0 Å². The molecule has 0 atom stereocenters. The number of hydrogen-bond acceptors (Lipinski definition) is 1. The summed E-state index contributed by atoms with van der Waals surface area (Å²) >= 11 is 3.29. The minimum Gasteiger partial charge on any atom is -0.264 e. The molecule has 0 unspecified atom stereocenters. The summed E-state index contributed by atoms with van der Waals surface area (Å²) in [5, 5.41) is 0. The average molecular weight is 210 g/mol. The van der Waals surface area contributed by atoms with Gasteiger partial charge in [0.2, 0.25) is 0 Å². The molecule has 0 saturated heterocycles. The van der Waals surface area contributed by atoms with E-state index in [1.807, 2.05) is 6.07 Å². The van der Waals surface area contributed by atoms with Crippen LogP contribution in [0.3, 0.4) is 0 Å². The summed E-state index contributed by atoms with van der Waals surface area (Å²) in [4.78, 5) is 3.98. The van der Waals surface area contributed by atoms with Crippen LogP contribution in [0.4, 0.5) is 0 Å². The summed E-state index contributed by atoms with van der Waals surface area (Å²) in [6.07, 6.45) is 5.27. The Bertz CT molecular complexity index is 291. The maximum Gasteiger partial charge on any atom is 0.0357 e. The first-order chi connectivity index (χ1) is 5.25. The van der Waals surface area contributed by atoms with E-state index in [2.05, 4.69) is 34.1 Å². The standard InChI is InChI=1S/C9H8BrN/c1-3-8-4-5-11-6-9(8)7(2)10/h3-6H,1-2H2. The van der Waals surface area contributed by atoms with Gasteiger partial charge in [-0.2, -0.15) is 0 Å². The second-order valence-electron chi connectivity index (χ2n) is 2.07. The minimum absolute atomic E-state index is 0.834. The molecule has 0 bridgehead atoms. The normalized spacial score (nSPS) is 9.18. The van der Waals surface area contributed by atoms with E-state index in [1.165, 1.54) is 0 Å². The van der Waals surface area contributed by atoms with E-state index < -0.39 is 0 Å². The third-order valence-electron chi connectivity index (χ3n) is 1.37. The molecule has 1 aromatic heterocycles. The Morgan fingerprint density at radius 2 is 2.36 bits per heavy atom. The van der Waals surface area contributed by atoms with Crippen molar-refractivity contribution in [2.75, 3.05) is 0 Å². The van der Waals surface area contributed by atoms with Crippen molar-refractivity contribution in [3.05, 3.63) is 42.7 Å². The van der Waals surface area contributed by atoms with E-state index in [9.17, 15) is 0 Å². The predicted octanol–water partition coefficient (Wildman–Crippen LogP) is 3.09. The van der Waals surface area contributed by atoms with Gasteiger partial charge in [0.15, 0.2) is 0 Å². The molecule has 0 aromatic carbocycles. The van der Waals surface area contributed by atoms with E-state index >= 15 is 0 Å². The predicted molar refractivity (Wildman–Crippen MR) is 52.3 cm³/mol. The molecular formula is C9H8BrN. The first-order valence-corrected chi connectivity index (χ1v) is 3.96. The fourth-order valence-corrected chi connectivity index (χ4v) is 1.14. The number of nitrogens with zero attached hydrogens (tertiary/aromatic N) is 1. The van der Waals surface area contributed by atoms with E-state index in [-0.39, 0.29) is 0 Å². The zero-order chi connectivity index (χ0) is 8.27. The quantitative estimate of drug-likeness (QED) is 0.730. The Morgan fingerprint density at radius 1 is 1.64 bits per heavy atom. The van der Waals surface area contributed by atoms with Crippen molar-refractivity contribution in [3.8, 4) is 0 Å². The number of pyridine rings is 1. The third kappa shape index (κ3) is 1.77. The van der Waals surface area contributed by atoms with Crippen LogP contribution < -0.4 is 0 Å². The van der Waals surface area contributed by atoms with Crippen LogP contribution in [0.1, 0.15) is 11.1 Å². The molecule has 0 radical (unpaired) electrons. The van der Waals surface area contributed by atoms with Crippen LogP contribution in [0, 0.1) is 0 Å². The Labute approximate surface area is 74.6 Å². The lowest BCUT2D eigenvalue weighted by molar-refractivity contribution is 1.31. The molecule has 0 spiro atoms. The third-order valence-corrected chi connectivity index (χ3v) is 1.79. The van der Waals surface area contributed by atoms with Gasteiger partial charge in [-0.15, -0.1) is 0 Å². The second kappa shape index (κ2) is 3.49. The van der Waals surface area contributed by atoms with Gasteiger partial charge < -0.3 is 0 Å². The Hall–Kier alpha value is -0.890. The molecule has 2 heteroatoms. The summed E-state index contributed by atoms with van der Waals surface area (Å²) in [6, 6.07) is 1.90. The van der Waals surface area contributed by atoms with Crippen molar-refractivity contribution in [3.63, 3.8) is 0 Å². The lowest BCUT2D eigenvalue weighted by Crippen LogP contribution is -1.83. The number of rotatable bonds is 2. The summed E-state index contributed by atoms with van der Waals surface area (Å²) in [6.45, 7) is 7.45. The lowest BCUT2D eigenvalue weighted by atomic mass is 10.1. The maximum absolute atomic E-state index is 3.98. The molecule has 1 aromatic rings. The monoisotopic (exact) mass is 209 g/mol. The summed E-state index contributed by atoms with van der Waals surface area (Å²) in [5.74, 6) is 0. The van der Waals surface area contributed by atoms with Crippen LogP contribution in [0.25, 0.3) is 10.6 Å². The highest BCUT2D eigenvalue weighted by molar-refractivity contribution is 9.15. The number of aromatic nitrogens is 1. The Balaban J connectivity index is 3.22. The highest BCUT2D eigenvalue weighted by Crippen LogP contribution is 2.21. The van der Waals surface area contributed by atoms with Crippen molar-refractivity contribution < 1.29 is 0 Å². The molecular weight excluding hydrogens is 202 g/mol. The van der Waals surface area contributed by atoms with E-state index in [4.69, 9.17) is 0 Å². The van der Waals surface area contributed by atoms with Gasteiger partial charge >= 0.3 is 0 Å². The number of hydrogen-bond donors (Lipinski definition) is 0. The molecule has 1 heterocycles. The van der Waals surface area contributed by atoms with E-state index in [1.54, 1.807) is 18.5 Å². The largest absolute Gasteiger partial charge is 0.264 e. The van der Waals surface area contributed by atoms with E-state index in [0.29, 0.717) is 0 Å². The molecule has 0 N–H and O–H groups in total. The molecule has 1 nitrogen and oxygen atoms in total. The van der Waals surface area contributed by atoms with Crippen LogP contribution >= 0.6 is 15.9 Å².